The number of fused-ring (bicyclic) bond motifs is 1. The van der Waals surface area contributed by atoms with Gasteiger partial charge < -0.3 is 19.3 Å². The van der Waals surface area contributed by atoms with Gasteiger partial charge in [0.1, 0.15) is 17.6 Å². The zero-order valence-corrected chi connectivity index (χ0v) is 13.2. The SMILES string of the molecule is COc1ccc(C2Oc3ccc(O)cc3C(=O)C2C)cc1OC. The normalized spacial score (nSPS) is 19.7. The fourth-order valence-corrected chi connectivity index (χ4v) is 2.82. The summed E-state index contributed by atoms with van der Waals surface area (Å²) < 4.78 is 16.6. The molecule has 0 radical (unpaired) electrons. The van der Waals surface area contributed by atoms with Crippen molar-refractivity contribution >= 4 is 5.78 Å². The summed E-state index contributed by atoms with van der Waals surface area (Å²) in [4.78, 5) is 12.6. The Balaban J connectivity index is 2.01. The number of aromatic hydroxyl groups is 1. The van der Waals surface area contributed by atoms with Crippen molar-refractivity contribution in [2.75, 3.05) is 14.2 Å². The standard InChI is InChI=1S/C18H18O5/c1-10-17(20)13-9-12(19)5-7-14(13)23-18(10)11-4-6-15(21-2)16(8-11)22-3/h4-10,18-19H,1-3H3. The van der Waals surface area contributed by atoms with E-state index in [0.29, 0.717) is 22.8 Å². The molecular weight excluding hydrogens is 296 g/mol. The number of hydrogen-bond acceptors (Lipinski definition) is 5. The van der Waals surface area contributed by atoms with Crippen LogP contribution in [0.15, 0.2) is 36.4 Å². The molecule has 0 aromatic heterocycles. The fraction of sp³-hybridized carbons (Fsp3) is 0.278. The molecule has 1 heterocycles. The van der Waals surface area contributed by atoms with Gasteiger partial charge in [-0.1, -0.05) is 13.0 Å². The van der Waals surface area contributed by atoms with Crippen LogP contribution in [0.2, 0.25) is 0 Å². The molecule has 0 saturated heterocycles. The maximum absolute atomic E-state index is 12.6. The summed E-state index contributed by atoms with van der Waals surface area (Å²) in [6, 6.07) is 10.0. The van der Waals surface area contributed by atoms with Crippen LogP contribution in [0.3, 0.4) is 0 Å². The van der Waals surface area contributed by atoms with E-state index in [1.807, 2.05) is 19.1 Å². The van der Waals surface area contributed by atoms with E-state index in [-0.39, 0.29) is 17.5 Å². The van der Waals surface area contributed by atoms with Crippen LogP contribution in [-0.2, 0) is 0 Å². The molecule has 2 aromatic carbocycles. The Morgan fingerprint density at radius 1 is 1.04 bits per heavy atom. The monoisotopic (exact) mass is 314 g/mol. The molecule has 0 bridgehead atoms. The molecule has 5 heteroatoms. The van der Waals surface area contributed by atoms with Crippen LogP contribution >= 0.6 is 0 Å². The average molecular weight is 314 g/mol. The predicted octanol–water partition coefficient (Wildman–Crippen LogP) is 3.36. The lowest BCUT2D eigenvalue weighted by molar-refractivity contribution is 0.0689. The summed E-state index contributed by atoms with van der Waals surface area (Å²) in [5.74, 6) is 1.31. The van der Waals surface area contributed by atoms with Crippen LogP contribution in [-0.4, -0.2) is 25.1 Å². The molecule has 0 saturated carbocycles. The number of ether oxygens (including phenoxy) is 3. The summed E-state index contributed by atoms with van der Waals surface area (Å²) in [7, 11) is 3.14. The molecule has 23 heavy (non-hydrogen) atoms. The second-order valence-electron chi connectivity index (χ2n) is 5.49. The first-order valence-corrected chi connectivity index (χ1v) is 7.31. The van der Waals surface area contributed by atoms with E-state index in [1.54, 1.807) is 26.4 Å². The molecule has 2 aromatic rings. The molecule has 0 spiro atoms. The number of hydrogen-bond donors (Lipinski definition) is 1. The average Bonchev–Trinajstić information content (AvgIpc) is 2.58. The van der Waals surface area contributed by atoms with E-state index >= 15 is 0 Å². The number of phenolic OH excluding ortho intramolecular Hbond substituents is 1. The molecule has 1 N–H and O–H groups in total. The maximum Gasteiger partial charge on any atom is 0.173 e. The van der Waals surface area contributed by atoms with Crippen molar-refractivity contribution in [1.29, 1.82) is 0 Å². The first-order chi connectivity index (χ1) is 11.0. The second kappa shape index (κ2) is 5.83. The van der Waals surface area contributed by atoms with Crippen LogP contribution < -0.4 is 14.2 Å². The van der Waals surface area contributed by atoms with Crippen LogP contribution in [0.4, 0.5) is 0 Å². The minimum atomic E-state index is -0.417. The van der Waals surface area contributed by atoms with Gasteiger partial charge in [0.05, 0.1) is 25.7 Å². The van der Waals surface area contributed by atoms with Gasteiger partial charge in [-0.15, -0.1) is 0 Å². The number of phenols is 1. The Hall–Kier alpha value is -2.69. The van der Waals surface area contributed by atoms with Crippen LogP contribution in [0, 0.1) is 5.92 Å². The topological polar surface area (TPSA) is 65.0 Å². The summed E-state index contributed by atoms with van der Waals surface area (Å²) in [5, 5.41) is 9.56. The number of methoxy groups -OCH3 is 2. The third kappa shape index (κ3) is 2.59. The highest BCUT2D eigenvalue weighted by Gasteiger charge is 2.35. The summed E-state index contributed by atoms with van der Waals surface area (Å²) in [6.07, 6.45) is -0.417. The van der Waals surface area contributed by atoms with Gasteiger partial charge in [0.15, 0.2) is 17.3 Å². The van der Waals surface area contributed by atoms with Gasteiger partial charge in [-0.25, -0.2) is 0 Å². The molecule has 0 amide bonds. The van der Waals surface area contributed by atoms with E-state index in [4.69, 9.17) is 14.2 Å². The minimum Gasteiger partial charge on any atom is -0.508 e. The molecule has 1 aliphatic heterocycles. The van der Waals surface area contributed by atoms with Crippen molar-refractivity contribution in [2.45, 2.75) is 13.0 Å². The van der Waals surface area contributed by atoms with E-state index in [0.717, 1.165) is 5.56 Å². The molecule has 5 nitrogen and oxygen atoms in total. The van der Waals surface area contributed by atoms with Crippen LogP contribution in [0.1, 0.15) is 28.9 Å². The quantitative estimate of drug-likeness (QED) is 0.941. The molecule has 1 aliphatic rings. The molecule has 3 rings (SSSR count). The lowest BCUT2D eigenvalue weighted by Gasteiger charge is -2.31. The number of carbonyl (C=O) groups is 1. The van der Waals surface area contributed by atoms with Gasteiger partial charge >= 0.3 is 0 Å². The Bertz CT molecular complexity index is 753. The second-order valence-corrected chi connectivity index (χ2v) is 5.49. The zero-order valence-electron chi connectivity index (χ0n) is 13.2. The first kappa shape index (κ1) is 15.2. The zero-order chi connectivity index (χ0) is 16.6. The number of Topliss-reactive ketones (excluding diaryl/α,β-unsaturated/α-hetero) is 1. The number of ketones is 1. The van der Waals surface area contributed by atoms with Crippen molar-refractivity contribution < 1.29 is 24.1 Å². The van der Waals surface area contributed by atoms with Gasteiger partial charge in [0.2, 0.25) is 0 Å². The summed E-state index contributed by atoms with van der Waals surface area (Å²) in [5.41, 5.74) is 1.25. The highest BCUT2D eigenvalue weighted by molar-refractivity contribution is 6.01. The molecule has 2 atom stereocenters. The lowest BCUT2D eigenvalue weighted by atomic mass is 9.87. The van der Waals surface area contributed by atoms with E-state index in [2.05, 4.69) is 0 Å². The minimum absolute atomic E-state index is 0.0532. The smallest absolute Gasteiger partial charge is 0.173 e. The summed E-state index contributed by atoms with van der Waals surface area (Å²) in [6.45, 7) is 1.82. The van der Waals surface area contributed by atoms with Crippen molar-refractivity contribution in [1.82, 2.24) is 0 Å². The fourth-order valence-electron chi connectivity index (χ4n) is 2.82. The third-order valence-electron chi connectivity index (χ3n) is 4.09. The van der Waals surface area contributed by atoms with Gasteiger partial charge in [0.25, 0.3) is 0 Å². The third-order valence-corrected chi connectivity index (χ3v) is 4.09. The van der Waals surface area contributed by atoms with Crippen LogP contribution in [0.25, 0.3) is 0 Å². The van der Waals surface area contributed by atoms with E-state index < -0.39 is 6.10 Å². The number of carbonyl (C=O) groups excluding carboxylic acids is 1. The molecule has 120 valence electrons. The lowest BCUT2D eigenvalue weighted by Crippen LogP contribution is -2.29. The molecular formula is C18H18O5. The van der Waals surface area contributed by atoms with Crippen LogP contribution in [0.5, 0.6) is 23.0 Å². The van der Waals surface area contributed by atoms with E-state index in [1.165, 1.54) is 12.1 Å². The number of benzene rings is 2. The largest absolute Gasteiger partial charge is 0.508 e. The first-order valence-electron chi connectivity index (χ1n) is 7.31. The Kier molecular flexibility index (Phi) is 3.86. The summed E-state index contributed by atoms with van der Waals surface area (Å²) >= 11 is 0. The highest BCUT2D eigenvalue weighted by Crippen LogP contribution is 2.41. The van der Waals surface area contributed by atoms with E-state index in [9.17, 15) is 9.90 Å². The number of rotatable bonds is 3. The highest BCUT2D eigenvalue weighted by atomic mass is 16.5. The predicted molar refractivity (Wildman–Crippen MR) is 84.5 cm³/mol. The van der Waals surface area contributed by atoms with Crippen molar-refractivity contribution in [3.8, 4) is 23.0 Å². The van der Waals surface area contributed by atoms with Crippen molar-refractivity contribution in [3.05, 3.63) is 47.5 Å². The molecule has 0 fully saturated rings. The van der Waals surface area contributed by atoms with Crippen molar-refractivity contribution in [2.24, 2.45) is 5.92 Å². The Labute approximate surface area is 134 Å². The maximum atomic E-state index is 12.6. The van der Waals surface area contributed by atoms with Gasteiger partial charge in [-0.2, -0.15) is 0 Å². The van der Waals surface area contributed by atoms with Gasteiger partial charge in [0, 0.05) is 0 Å². The molecule has 0 aliphatic carbocycles. The van der Waals surface area contributed by atoms with Gasteiger partial charge in [-0.3, -0.25) is 4.79 Å². The van der Waals surface area contributed by atoms with Crippen molar-refractivity contribution in [3.63, 3.8) is 0 Å². The molecule has 2 unspecified atom stereocenters. The van der Waals surface area contributed by atoms with Gasteiger partial charge in [-0.05, 0) is 35.9 Å². The Morgan fingerprint density at radius 3 is 2.48 bits per heavy atom. The Morgan fingerprint density at radius 2 is 1.78 bits per heavy atom.